The minimum absolute atomic E-state index is 0.0685. The zero-order valence-corrected chi connectivity index (χ0v) is 14.1. The van der Waals surface area contributed by atoms with Crippen molar-refractivity contribution in [3.63, 3.8) is 0 Å². The molecule has 0 bridgehead atoms. The molecule has 3 N–H and O–H groups in total. The molecule has 0 aromatic heterocycles. The van der Waals surface area contributed by atoms with Gasteiger partial charge in [0.15, 0.2) is 0 Å². The van der Waals surface area contributed by atoms with Crippen LogP contribution in [0, 0.1) is 17.3 Å². The fourth-order valence-corrected chi connectivity index (χ4v) is 3.66. The monoisotopic (exact) mass is 316 g/mol. The van der Waals surface area contributed by atoms with Crippen molar-refractivity contribution in [3.8, 4) is 0 Å². The van der Waals surface area contributed by atoms with E-state index >= 15 is 0 Å². The number of hydrogen-bond acceptors (Lipinski definition) is 3. The highest BCUT2D eigenvalue weighted by atomic mass is 32.2. The maximum Gasteiger partial charge on any atom is 0.314 e. The van der Waals surface area contributed by atoms with Crippen molar-refractivity contribution in [2.75, 3.05) is 24.6 Å². The molecule has 0 radical (unpaired) electrons. The molecule has 2 amide bonds. The molecule has 1 aliphatic rings. The summed E-state index contributed by atoms with van der Waals surface area (Å²) in [5.74, 6) is 1.50. The first-order chi connectivity index (χ1) is 9.78. The molecule has 21 heavy (non-hydrogen) atoms. The van der Waals surface area contributed by atoms with E-state index in [4.69, 9.17) is 0 Å². The van der Waals surface area contributed by atoms with E-state index in [0.717, 1.165) is 12.8 Å². The number of nitrogens with one attached hydrogen (secondary N) is 2. The van der Waals surface area contributed by atoms with E-state index in [-0.39, 0.29) is 18.0 Å². The molecular formula is C15H28N2O3S. The zero-order chi connectivity index (χ0) is 15.9. The van der Waals surface area contributed by atoms with Crippen LogP contribution in [-0.4, -0.2) is 41.7 Å². The van der Waals surface area contributed by atoms with Crippen LogP contribution in [0.2, 0.25) is 0 Å². The summed E-state index contributed by atoms with van der Waals surface area (Å²) in [5.41, 5.74) is -0.0685. The van der Waals surface area contributed by atoms with Crippen molar-refractivity contribution in [1.82, 2.24) is 10.6 Å². The van der Waals surface area contributed by atoms with E-state index in [2.05, 4.69) is 10.6 Å². The fraction of sp³-hybridized carbons (Fsp3) is 0.867. The van der Waals surface area contributed by atoms with E-state index in [9.17, 15) is 14.7 Å². The minimum atomic E-state index is -0.852. The van der Waals surface area contributed by atoms with Crippen molar-refractivity contribution < 1.29 is 14.7 Å². The first kappa shape index (κ1) is 18.1. The SMILES string of the molecule is CC(C)(C)CC(CNC(=O)NCC1CCSCC1)C(=O)O. The highest BCUT2D eigenvalue weighted by Crippen LogP contribution is 2.24. The summed E-state index contributed by atoms with van der Waals surface area (Å²) in [4.78, 5) is 23.0. The van der Waals surface area contributed by atoms with Gasteiger partial charge < -0.3 is 15.7 Å². The Hall–Kier alpha value is -0.910. The molecule has 0 aromatic rings. The quantitative estimate of drug-likeness (QED) is 0.704. The third kappa shape index (κ3) is 8.19. The Kier molecular flexibility index (Phi) is 7.35. The largest absolute Gasteiger partial charge is 0.481 e. The maximum absolute atomic E-state index is 11.8. The second-order valence-electron chi connectivity index (χ2n) is 6.95. The van der Waals surface area contributed by atoms with E-state index in [1.54, 1.807) is 0 Å². The molecule has 0 aromatic carbocycles. The number of amides is 2. The van der Waals surface area contributed by atoms with Gasteiger partial charge in [-0.05, 0) is 42.1 Å². The number of urea groups is 1. The van der Waals surface area contributed by atoms with Crippen molar-refractivity contribution >= 4 is 23.8 Å². The standard InChI is InChI=1S/C15H28N2O3S/c1-15(2,3)8-12(13(18)19)10-17-14(20)16-9-11-4-6-21-7-5-11/h11-12H,4-10H2,1-3H3,(H,18,19)(H2,16,17,20). The average molecular weight is 316 g/mol. The molecule has 1 rings (SSSR count). The van der Waals surface area contributed by atoms with Gasteiger partial charge in [-0.3, -0.25) is 4.79 Å². The number of thioether (sulfide) groups is 1. The Morgan fingerprint density at radius 1 is 1.24 bits per heavy atom. The second-order valence-corrected chi connectivity index (χ2v) is 8.17. The summed E-state index contributed by atoms with van der Waals surface area (Å²) in [6.07, 6.45) is 2.84. The van der Waals surface area contributed by atoms with Crippen LogP contribution in [-0.2, 0) is 4.79 Å². The molecule has 0 spiro atoms. The van der Waals surface area contributed by atoms with Crippen LogP contribution in [0.3, 0.4) is 0 Å². The van der Waals surface area contributed by atoms with Crippen molar-refractivity contribution in [2.45, 2.75) is 40.0 Å². The number of rotatable bonds is 6. The van der Waals surface area contributed by atoms with Gasteiger partial charge in [0.25, 0.3) is 0 Å². The van der Waals surface area contributed by atoms with E-state index in [0.29, 0.717) is 18.9 Å². The van der Waals surface area contributed by atoms with Crippen LogP contribution in [0.25, 0.3) is 0 Å². The molecule has 122 valence electrons. The summed E-state index contributed by atoms with van der Waals surface area (Å²) in [5, 5.41) is 14.8. The van der Waals surface area contributed by atoms with Crippen LogP contribution in [0.15, 0.2) is 0 Å². The molecular weight excluding hydrogens is 288 g/mol. The van der Waals surface area contributed by atoms with Gasteiger partial charge in [-0.15, -0.1) is 0 Å². The van der Waals surface area contributed by atoms with Gasteiger partial charge in [0.05, 0.1) is 5.92 Å². The van der Waals surface area contributed by atoms with Gasteiger partial charge in [0.1, 0.15) is 0 Å². The highest BCUT2D eigenvalue weighted by molar-refractivity contribution is 7.99. The summed E-state index contributed by atoms with van der Waals surface area (Å²) in [6.45, 7) is 6.88. The van der Waals surface area contributed by atoms with Gasteiger partial charge >= 0.3 is 12.0 Å². The summed E-state index contributed by atoms with van der Waals surface area (Å²) in [7, 11) is 0. The van der Waals surface area contributed by atoms with Gasteiger partial charge in [-0.2, -0.15) is 11.8 Å². The van der Waals surface area contributed by atoms with Gasteiger partial charge in [-0.25, -0.2) is 4.79 Å². The summed E-state index contributed by atoms with van der Waals surface area (Å²) in [6, 6.07) is -0.256. The van der Waals surface area contributed by atoms with Gasteiger partial charge in [-0.1, -0.05) is 20.8 Å². The number of carbonyl (C=O) groups excluding carboxylic acids is 1. The Bertz CT molecular complexity index is 349. The fourth-order valence-electron chi connectivity index (χ4n) is 2.45. The predicted molar refractivity (Wildman–Crippen MR) is 86.6 cm³/mol. The molecule has 1 fully saturated rings. The lowest BCUT2D eigenvalue weighted by Crippen LogP contribution is -2.42. The second kappa shape index (κ2) is 8.51. The van der Waals surface area contributed by atoms with Crippen LogP contribution in [0.5, 0.6) is 0 Å². The molecule has 0 saturated carbocycles. The first-order valence-corrected chi connectivity index (χ1v) is 8.75. The van der Waals surface area contributed by atoms with Crippen LogP contribution in [0.1, 0.15) is 40.0 Å². The van der Waals surface area contributed by atoms with Gasteiger partial charge in [0, 0.05) is 13.1 Å². The van der Waals surface area contributed by atoms with Crippen LogP contribution in [0.4, 0.5) is 4.79 Å². The lowest BCUT2D eigenvalue weighted by Gasteiger charge is -2.24. The van der Waals surface area contributed by atoms with Crippen molar-refractivity contribution in [3.05, 3.63) is 0 Å². The van der Waals surface area contributed by atoms with Gasteiger partial charge in [0.2, 0.25) is 0 Å². The highest BCUT2D eigenvalue weighted by Gasteiger charge is 2.25. The van der Waals surface area contributed by atoms with Crippen LogP contribution >= 0.6 is 11.8 Å². The molecule has 0 aliphatic carbocycles. The Balaban J connectivity index is 2.27. The Morgan fingerprint density at radius 3 is 2.38 bits per heavy atom. The summed E-state index contributed by atoms with van der Waals surface area (Å²) < 4.78 is 0. The lowest BCUT2D eigenvalue weighted by atomic mass is 9.84. The third-order valence-electron chi connectivity index (χ3n) is 3.61. The number of carboxylic acids is 1. The summed E-state index contributed by atoms with van der Waals surface area (Å²) >= 11 is 1.96. The number of aliphatic carboxylic acids is 1. The average Bonchev–Trinajstić information content (AvgIpc) is 2.41. The van der Waals surface area contributed by atoms with Crippen LogP contribution < -0.4 is 10.6 Å². The molecule has 5 nitrogen and oxygen atoms in total. The normalized spacial score (nSPS) is 18.0. The zero-order valence-electron chi connectivity index (χ0n) is 13.3. The van der Waals surface area contributed by atoms with E-state index in [1.165, 1.54) is 11.5 Å². The molecule has 1 atom stereocenters. The van der Waals surface area contributed by atoms with E-state index < -0.39 is 11.9 Å². The number of hydrogen-bond donors (Lipinski definition) is 3. The minimum Gasteiger partial charge on any atom is -0.481 e. The Morgan fingerprint density at radius 2 is 1.86 bits per heavy atom. The number of carboxylic acid groups (broad SMARTS) is 1. The smallest absolute Gasteiger partial charge is 0.314 e. The molecule has 1 aliphatic heterocycles. The maximum atomic E-state index is 11.8. The van der Waals surface area contributed by atoms with Crippen molar-refractivity contribution in [1.29, 1.82) is 0 Å². The molecule has 6 heteroatoms. The predicted octanol–water partition coefficient (Wildman–Crippen LogP) is 2.57. The topological polar surface area (TPSA) is 78.4 Å². The third-order valence-corrected chi connectivity index (χ3v) is 4.66. The molecule has 1 unspecified atom stereocenters. The number of carbonyl (C=O) groups is 2. The lowest BCUT2D eigenvalue weighted by molar-refractivity contribution is -0.142. The molecule has 1 saturated heterocycles. The first-order valence-electron chi connectivity index (χ1n) is 7.60. The Labute approximate surface area is 131 Å². The van der Waals surface area contributed by atoms with E-state index in [1.807, 2.05) is 32.5 Å². The molecule has 1 heterocycles. The van der Waals surface area contributed by atoms with Crippen molar-refractivity contribution in [2.24, 2.45) is 17.3 Å².